The van der Waals surface area contributed by atoms with Crippen LogP contribution in [0.5, 0.6) is 0 Å². The minimum Gasteiger partial charge on any atom is -0.143 e. The molecule has 1 saturated heterocycles. The van der Waals surface area contributed by atoms with E-state index in [0.717, 1.165) is 25.8 Å². The lowest BCUT2D eigenvalue weighted by Gasteiger charge is -2.05. The normalized spacial score (nSPS) is 21.5. The molecular formula is C5H10N3+. The van der Waals surface area contributed by atoms with Gasteiger partial charge in [0.15, 0.2) is 0 Å². The quantitative estimate of drug-likeness (QED) is 0.442. The van der Waals surface area contributed by atoms with Crippen LogP contribution in [-0.2, 0) is 0 Å². The molecule has 1 aliphatic rings. The van der Waals surface area contributed by atoms with Gasteiger partial charge in [-0.25, -0.2) is 0 Å². The molecule has 8 heavy (non-hydrogen) atoms. The van der Waals surface area contributed by atoms with Gasteiger partial charge in [0.25, 0.3) is 0 Å². The van der Waals surface area contributed by atoms with Crippen molar-refractivity contribution < 1.29 is 4.70 Å². The Bertz CT molecular complexity index is 112. The van der Waals surface area contributed by atoms with Gasteiger partial charge in [0, 0.05) is 0 Å². The molecule has 0 atom stereocenters. The average molecular weight is 112 g/mol. The van der Waals surface area contributed by atoms with Gasteiger partial charge >= 0.3 is 5.84 Å². The van der Waals surface area contributed by atoms with Crippen molar-refractivity contribution in [1.29, 1.82) is 10.9 Å². The van der Waals surface area contributed by atoms with E-state index in [1.165, 1.54) is 4.70 Å². The van der Waals surface area contributed by atoms with Gasteiger partial charge in [-0.2, -0.15) is 0 Å². The zero-order valence-corrected chi connectivity index (χ0v) is 4.78. The van der Waals surface area contributed by atoms with Gasteiger partial charge in [0.1, 0.15) is 6.54 Å². The highest BCUT2D eigenvalue weighted by Gasteiger charge is 2.15. The zero-order chi connectivity index (χ0) is 5.98. The number of piperidine rings is 1. The van der Waals surface area contributed by atoms with Crippen molar-refractivity contribution in [2.24, 2.45) is 0 Å². The first-order chi connectivity index (χ1) is 3.80. The van der Waals surface area contributed by atoms with Crippen molar-refractivity contribution >= 4 is 5.84 Å². The first-order valence-electron chi connectivity index (χ1n) is 2.87. The molecule has 3 nitrogen and oxygen atoms in total. The van der Waals surface area contributed by atoms with E-state index in [1.54, 1.807) is 0 Å². The predicted molar refractivity (Wildman–Crippen MR) is 29.4 cm³/mol. The third kappa shape index (κ3) is 0.911. The minimum absolute atomic E-state index is 0.469. The summed E-state index contributed by atoms with van der Waals surface area (Å²) in [5.41, 5.74) is 7.09. The average Bonchev–Trinajstić information content (AvgIpc) is 1.77. The maximum atomic E-state index is 7.13. The third-order valence-corrected chi connectivity index (χ3v) is 1.37. The lowest BCUT2D eigenvalue weighted by Crippen LogP contribution is -2.22. The second kappa shape index (κ2) is 2.03. The summed E-state index contributed by atoms with van der Waals surface area (Å²) in [6.07, 6.45) is 2.96. The van der Waals surface area contributed by atoms with Crippen molar-refractivity contribution in [3.05, 3.63) is 0 Å². The Kier molecular flexibility index (Phi) is 1.37. The lowest BCUT2D eigenvalue weighted by molar-refractivity contribution is -0.515. The standard InChI is InChI=1S/C5H10N3/c6-5-3-1-2-4-8(5)7/h6-7H,1-4H2/q+1. The van der Waals surface area contributed by atoms with Crippen LogP contribution in [0.25, 0.3) is 0 Å². The fourth-order valence-corrected chi connectivity index (χ4v) is 0.832. The summed E-state index contributed by atoms with van der Waals surface area (Å²) in [7, 11) is 0. The summed E-state index contributed by atoms with van der Waals surface area (Å²) in [6, 6.07) is 0. The number of nitrogens with one attached hydrogen (secondary N) is 2. The molecule has 0 aliphatic carbocycles. The molecule has 0 spiro atoms. The molecule has 3 heteroatoms. The third-order valence-electron chi connectivity index (χ3n) is 1.37. The van der Waals surface area contributed by atoms with E-state index in [2.05, 4.69) is 0 Å². The Morgan fingerprint density at radius 3 is 2.50 bits per heavy atom. The highest BCUT2D eigenvalue weighted by atomic mass is 15.2. The fraction of sp³-hybridized carbons (Fsp3) is 0.800. The van der Waals surface area contributed by atoms with E-state index in [4.69, 9.17) is 10.9 Å². The van der Waals surface area contributed by atoms with E-state index in [-0.39, 0.29) is 0 Å². The Labute approximate surface area is 48.3 Å². The molecule has 1 rings (SSSR count). The van der Waals surface area contributed by atoms with Crippen LogP contribution in [0.15, 0.2) is 0 Å². The number of nitrogens with zero attached hydrogens (tertiary/aromatic N) is 1. The van der Waals surface area contributed by atoms with Gasteiger partial charge in [0.2, 0.25) is 0 Å². The van der Waals surface area contributed by atoms with Crippen LogP contribution in [0, 0.1) is 10.9 Å². The Morgan fingerprint density at radius 2 is 2.12 bits per heavy atom. The summed E-state index contributed by atoms with van der Waals surface area (Å²) < 4.78 is 1.27. The molecule has 0 saturated carbocycles. The van der Waals surface area contributed by atoms with Gasteiger partial charge in [-0.1, -0.05) is 0 Å². The highest BCUT2D eigenvalue weighted by molar-refractivity contribution is 5.70. The predicted octanol–water partition coefficient (Wildman–Crippen LogP) is 1.19. The molecule has 44 valence electrons. The second-order valence-corrected chi connectivity index (χ2v) is 2.06. The van der Waals surface area contributed by atoms with Gasteiger partial charge < -0.3 is 0 Å². The number of hydrogen-bond acceptors (Lipinski definition) is 2. The summed E-state index contributed by atoms with van der Waals surface area (Å²) >= 11 is 0. The van der Waals surface area contributed by atoms with Crippen molar-refractivity contribution in [3.63, 3.8) is 0 Å². The molecule has 1 fully saturated rings. The van der Waals surface area contributed by atoms with E-state index < -0.39 is 0 Å². The van der Waals surface area contributed by atoms with Gasteiger partial charge in [-0.3, -0.25) is 0 Å². The SMILES string of the molecule is N=C1CCCC[N+]1=N. The first kappa shape index (κ1) is 5.41. The molecule has 0 aromatic carbocycles. The minimum atomic E-state index is 0.469. The second-order valence-electron chi connectivity index (χ2n) is 2.06. The van der Waals surface area contributed by atoms with Crippen LogP contribution in [0.2, 0.25) is 0 Å². The smallest absolute Gasteiger partial charge is 0.143 e. The van der Waals surface area contributed by atoms with E-state index in [9.17, 15) is 0 Å². The Morgan fingerprint density at radius 1 is 1.38 bits per heavy atom. The fourth-order valence-electron chi connectivity index (χ4n) is 0.832. The summed E-state index contributed by atoms with van der Waals surface area (Å²) in [4.78, 5) is 0. The van der Waals surface area contributed by atoms with Crippen molar-refractivity contribution in [1.82, 2.24) is 0 Å². The van der Waals surface area contributed by atoms with E-state index in [1.807, 2.05) is 0 Å². The zero-order valence-electron chi connectivity index (χ0n) is 4.78. The lowest BCUT2D eigenvalue weighted by atomic mass is 10.1. The van der Waals surface area contributed by atoms with Crippen molar-refractivity contribution in [2.45, 2.75) is 19.3 Å². The largest absolute Gasteiger partial charge is 0.309 e. The van der Waals surface area contributed by atoms with Crippen LogP contribution in [0.3, 0.4) is 0 Å². The summed E-state index contributed by atoms with van der Waals surface area (Å²) in [5, 5.41) is 7.13. The number of hydrogen-bond donors (Lipinski definition) is 2. The topological polar surface area (TPSA) is 50.7 Å². The highest BCUT2D eigenvalue weighted by Crippen LogP contribution is 2.04. The van der Waals surface area contributed by atoms with Gasteiger partial charge in [-0.05, 0) is 12.8 Å². The van der Waals surface area contributed by atoms with Gasteiger partial charge in [-0.15, -0.1) is 15.6 Å². The molecule has 0 unspecified atom stereocenters. The van der Waals surface area contributed by atoms with E-state index >= 15 is 0 Å². The molecule has 0 bridgehead atoms. The van der Waals surface area contributed by atoms with Gasteiger partial charge in [0.05, 0.1) is 6.42 Å². The molecular weight excluding hydrogens is 102 g/mol. The van der Waals surface area contributed by atoms with Crippen LogP contribution < -0.4 is 0 Å². The van der Waals surface area contributed by atoms with Crippen LogP contribution in [0.4, 0.5) is 0 Å². The summed E-state index contributed by atoms with van der Waals surface area (Å²) in [5.74, 6) is 0.469. The molecule has 0 radical (unpaired) electrons. The Hall–Kier alpha value is -0.730. The van der Waals surface area contributed by atoms with Crippen LogP contribution in [-0.4, -0.2) is 17.1 Å². The monoisotopic (exact) mass is 112 g/mol. The maximum Gasteiger partial charge on any atom is 0.309 e. The molecule has 2 N–H and O–H groups in total. The summed E-state index contributed by atoms with van der Waals surface area (Å²) in [6.45, 7) is 0.749. The van der Waals surface area contributed by atoms with Crippen LogP contribution >= 0.6 is 0 Å². The molecule has 1 aliphatic heterocycles. The first-order valence-corrected chi connectivity index (χ1v) is 2.87. The molecule has 0 aromatic rings. The molecule has 0 amide bonds. The van der Waals surface area contributed by atoms with Crippen LogP contribution in [0.1, 0.15) is 19.3 Å². The van der Waals surface area contributed by atoms with Crippen molar-refractivity contribution in [3.8, 4) is 0 Å². The molecule has 1 heterocycles. The van der Waals surface area contributed by atoms with E-state index in [0.29, 0.717) is 5.84 Å². The Balaban J connectivity index is 2.52. The molecule has 0 aromatic heterocycles. The number of amidine groups is 1. The van der Waals surface area contributed by atoms with Crippen molar-refractivity contribution in [2.75, 3.05) is 6.54 Å². The maximum absolute atomic E-state index is 7.13. The number of rotatable bonds is 0.